The number of amides is 1. The Morgan fingerprint density at radius 3 is 2.86 bits per heavy atom. The molecule has 1 aromatic carbocycles. The molecule has 1 aliphatic rings. The van der Waals surface area contributed by atoms with Gasteiger partial charge < -0.3 is 14.4 Å². The van der Waals surface area contributed by atoms with Gasteiger partial charge in [0.05, 0.1) is 10.9 Å². The van der Waals surface area contributed by atoms with Crippen molar-refractivity contribution in [2.75, 3.05) is 13.1 Å². The molecule has 3 rings (SSSR count). The molecular weight excluding hydrogens is 306 g/mol. The molecule has 2 heterocycles. The van der Waals surface area contributed by atoms with Crippen LogP contribution in [0.25, 0.3) is 11.0 Å². The summed E-state index contributed by atoms with van der Waals surface area (Å²) in [6.45, 7) is 2.58. The van der Waals surface area contributed by atoms with Gasteiger partial charge in [-0.25, -0.2) is 0 Å². The number of carbonyl (C=O) groups excluding carboxylic acids is 1. The molecule has 2 aromatic rings. The van der Waals surface area contributed by atoms with Crippen LogP contribution < -0.4 is 0 Å². The monoisotopic (exact) mass is 321 g/mol. The summed E-state index contributed by atoms with van der Waals surface area (Å²) in [6, 6.07) is 5.37. The van der Waals surface area contributed by atoms with Gasteiger partial charge in [-0.2, -0.15) is 0 Å². The molecule has 0 saturated carbocycles. The van der Waals surface area contributed by atoms with Gasteiger partial charge in [-0.05, 0) is 25.8 Å². The Hall–Kier alpha value is -2.01. The van der Waals surface area contributed by atoms with Crippen LogP contribution >= 0.6 is 11.6 Å². The number of piperidine rings is 1. The Labute approximate surface area is 132 Å². The van der Waals surface area contributed by atoms with E-state index < -0.39 is 11.9 Å². The van der Waals surface area contributed by atoms with Crippen molar-refractivity contribution in [3.05, 3.63) is 34.5 Å². The standard InChI is InChI=1S/C16H16ClNO4/c1-9-11-5-2-6-12(17)14(11)22-13(9)15(19)18-7-3-4-10(8-18)16(20)21/h2,5-6,10H,3-4,7-8H2,1H3,(H,20,21)/t10-/m0/s1. The van der Waals surface area contributed by atoms with Crippen LogP contribution in [0.2, 0.25) is 5.02 Å². The highest BCUT2D eigenvalue weighted by atomic mass is 35.5. The number of hydrogen-bond acceptors (Lipinski definition) is 3. The summed E-state index contributed by atoms with van der Waals surface area (Å²) in [5.74, 6) is -1.39. The second-order valence-corrected chi connectivity index (χ2v) is 6.01. The molecule has 0 spiro atoms. The van der Waals surface area contributed by atoms with E-state index in [1.807, 2.05) is 19.1 Å². The third-order valence-electron chi connectivity index (χ3n) is 4.17. The first kappa shape index (κ1) is 14.9. The topological polar surface area (TPSA) is 70.8 Å². The predicted octanol–water partition coefficient (Wildman–Crippen LogP) is 3.33. The maximum absolute atomic E-state index is 12.7. The average Bonchev–Trinajstić information content (AvgIpc) is 2.85. The average molecular weight is 322 g/mol. The number of likely N-dealkylation sites (tertiary alicyclic amines) is 1. The largest absolute Gasteiger partial charge is 0.481 e. The van der Waals surface area contributed by atoms with Crippen LogP contribution in [0.4, 0.5) is 0 Å². The van der Waals surface area contributed by atoms with E-state index in [1.54, 1.807) is 11.0 Å². The molecule has 22 heavy (non-hydrogen) atoms. The zero-order valence-corrected chi connectivity index (χ0v) is 12.9. The maximum atomic E-state index is 12.7. The molecule has 0 aliphatic carbocycles. The zero-order chi connectivity index (χ0) is 15.9. The lowest BCUT2D eigenvalue weighted by molar-refractivity contribution is -0.143. The lowest BCUT2D eigenvalue weighted by atomic mass is 9.98. The van der Waals surface area contributed by atoms with Crippen molar-refractivity contribution < 1.29 is 19.1 Å². The molecule has 116 valence electrons. The number of carbonyl (C=O) groups is 2. The summed E-state index contributed by atoms with van der Waals surface area (Å²) in [4.78, 5) is 25.4. The van der Waals surface area contributed by atoms with Gasteiger partial charge in [0.15, 0.2) is 11.3 Å². The molecule has 6 heteroatoms. The van der Waals surface area contributed by atoms with Crippen molar-refractivity contribution in [2.24, 2.45) is 5.92 Å². The smallest absolute Gasteiger partial charge is 0.308 e. The number of hydrogen-bond donors (Lipinski definition) is 1. The first-order chi connectivity index (χ1) is 10.5. The Bertz CT molecular complexity index is 752. The summed E-state index contributed by atoms with van der Waals surface area (Å²) in [7, 11) is 0. The minimum Gasteiger partial charge on any atom is -0.481 e. The van der Waals surface area contributed by atoms with Crippen LogP contribution in [-0.2, 0) is 4.79 Å². The highest BCUT2D eigenvalue weighted by Crippen LogP contribution is 2.32. The summed E-state index contributed by atoms with van der Waals surface area (Å²) in [5.41, 5.74) is 1.23. The van der Waals surface area contributed by atoms with Crippen LogP contribution in [0.15, 0.2) is 22.6 Å². The molecule has 1 atom stereocenters. The lowest BCUT2D eigenvalue weighted by Crippen LogP contribution is -2.42. The van der Waals surface area contributed by atoms with Gasteiger partial charge >= 0.3 is 5.97 Å². The number of halogens is 1. The first-order valence-corrected chi connectivity index (χ1v) is 7.56. The number of rotatable bonds is 2. The van der Waals surface area contributed by atoms with Crippen LogP contribution in [0.1, 0.15) is 29.0 Å². The summed E-state index contributed by atoms with van der Waals surface area (Å²) in [6.07, 6.45) is 1.28. The number of benzene rings is 1. The van der Waals surface area contributed by atoms with Gasteiger partial charge in [-0.3, -0.25) is 9.59 Å². The van der Waals surface area contributed by atoms with E-state index in [4.69, 9.17) is 21.1 Å². The van der Waals surface area contributed by atoms with E-state index in [-0.39, 0.29) is 18.2 Å². The van der Waals surface area contributed by atoms with Crippen molar-refractivity contribution in [1.82, 2.24) is 4.90 Å². The van der Waals surface area contributed by atoms with Gasteiger partial charge in [0.25, 0.3) is 5.91 Å². The molecule has 0 bridgehead atoms. The minimum atomic E-state index is -0.859. The van der Waals surface area contributed by atoms with E-state index in [9.17, 15) is 9.59 Å². The molecule has 0 radical (unpaired) electrons. The van der Waals surface area contributed by atoms with Crippen LogP contribution in [0, 0.1) is 12.8 Å². The van der Waals surface area contributed by atoms with E-state index in [2.05, 4.69) is 0 Å². The van der Waals surface area contributed by atoms with Crippen LogP contribution in [0.3, 0.4) is 0 Å². The van der Waals surface area contributed by atoms with Gasteiger partial charge in [-0.1, -0.05) is 23.7 Å². The summed E-state index contributed by atoms with van der Waals surface area (Å²) >= 11 is 6.10. The molecular formula is C16H16ClNO4. The number of para-hydroxylation sites is 1. The van der Waals surface area contributed by atoms with Gasteiger partial charge in [-0.15, -0.1) is 0 Å². The molecule has 1 aliphatic heterocycles. The number of fused-ring (bicyclic) bond motifs is 1. The summed E-state index contributed by atoms with van der Waals surface area (Å²) in [5, 5.41) is 10.4. The van der Waals surface area contributed by atoms with E-state index in [0.717, 1.165) is 10.9 Å². The lowest BCUT2D eigenvalue weighted by Gasteiger charge is -2.30. The second kappa shape index (κ2) is 5.65. The van der Waals surface area contributed by atoms with Crippen LogP contribution in [0.5, 0.6) is 0 Å². The zero-order valence-electron chi connectivity index (χ0n) is 12.1. The SMILES string of the molecule is Cc1c(C(=O)N2CCC[C@H](C(=O)O)C2)oc2c(Cl)cccc12. The van der Waals surface area contributed by atoms with Gasteiger partial charge in [0.2, 0.25) is 0 Å². The number of carboxylic acids is 1. The third-order valence-corrected chi connectivity index (χ3v) is 4.47. The fourth-order valence-corrected chi connectivity index (χ4v) is 3.13. The fourth-order valence-electron chi connectivity index (χ4n) is 2.92. The van der Waals surface area contributed by atoms with Crippen molar-refractivity contribution in [1.29, 1.82) is 0 Å². The number of aliphatic carboxylic acids is 1. The Balaban J connectivity index is 1.94. The highest BCUT2D eigenvalue weighted by Gasteiger charge is 2.31. The van der Waals surface area contributed by atoms with Crippen molar-refractivity contribution >= 4 is 34.4 Å². The van der Waals surface area contributed by atoms with E-state index in [1.165, 1.54) is 0 Å². The number of furan rings is 1. The first-order valence-electron chi connectivity index (χ1n) is 7.18. The molecule has 1 saturated heterocycles. The van der Waals surface area contributed by atoms with E-state index in [0.29, 0.717) is 30.0 Å². The maximum Gasteiger partial charge on any atom is 0.308 e. The van der Waals surface area contributed by atoms with Crippen molar-refractivity contribution in [3.63, 3.8) is 0 Å². The Kier molecular flexibility index (Phi) is 3.83. The van der Waals surface area contributed by atoms with Crippen LogP contribution in [-0.4, -0.2) is 35.0 Å². The minimum absolute atomic E-state index is 0.221. The number of nitrogens with zero attached hydrogens (tertiary/aromatic N) is 1. The third kappa shape index (κ3) is 2.46. The predicted molar refractivity (Wildman–Crippen MR) is 82.2 cm³/mol. The normalized spacial score (nSPS) is 18.6. The molecule has 1 aromatic heterocycles. The molecule has 5 nitrogen and oxygen atoms in total. The van der Waals surface area contributed by atoms with Crippen molar-refractivity contribution in [3.8, 4) is 0 Å². The van der Waals surface area contributed by atoms with E-state index >= 15 is 0 Å². The second-order valence-electron chi connectivity index (χ2n) is 5.60. The summed E-state index contributed by atoms with van der Waals surface area (Å²) < 4.78 is 5.67. The number of carboxylic acid groups (broad SMARTS) is 1. The molecule has 1 fully saturated rings. The fraction of sp³-hybridized carbons (Fsp3) is 0.375. The Morgan fingerprint density at radius 1 is 1.41 bits per heavy atom. The van der Waals surface area contributed by atoms with Crippen molar-refractivity contribution in [2.45, 2.75) is 19.8 Å². The quantitative estimate of drug-likeness (QED) is 0.921. The molecule has 1 N–H and O–H groups in total. The number of aryl methyl sites for hydroxylation is 1. The van der Waals surface area contributed by atoms with Gasteiger partial charge in [0, 0.05) is 24.0 Å². The highest BCUT2D eigenvalue weighted by molar-refractivity contribution is 6.35. The molecule has 1 amide bonds. The Morgan fingerprint density at radius 2 is 2.18 bits per heavy atom. The van der Waals surface area contributed by atoms with Gasteiger partial charge in [0.1, 0.15) is 0 Å². The molecule has 0 unspecified atom stereocenters.